The van der Waals surface area contributed by atoms with Crippen LogP contribution in [-0.2, 0) is 11.0 Å². The van der Waals surface area contributed by atoms with Gasteiger partial charge in [0, 0.05) is 61.7 Å². The quantitative estimate of drug-likeness (QED) is 0.211. The Balaban J connectivity index is 0.000000213. The molecule has 9 nitrogen and oxygen atoms in total. The molecule has 3 heterocycles. The fourth-order valence-corrected chi connectivity index (χ4v) is 5.12. The number of imidazole rings is 1. The summed E-state index contributed by atoms with van der Waals surface area (Å²) in [6.45, 7) is 0. The van der Waals surface area contributed by atoms with Crippen LogP contribution >= 0.6 is 0 Å². The Bertz CT molecular complexity index is 1540. The fourth-order valence-electron chi connectivity index (χ4n) is 5.12. The number of anilines is 2. The summed E-state index contributed by atoms with van der Waals surface area (Å²) in [5.41, 5.74) is 2.86. The number of halogens is 3. The average molecular weight is 610 g/mol. The van der Waals surface area contributed by atoms with E-state index in [2.05, 4.69) is 30.3 Å². The lowest BCUT2D eigenvalue weighted by molar-refractivity contribution is -0.137. The maximum Gasteiger partial charge on any atom is 0.416 e. The van der Waals surface area contributed by atoms with Crippen molar-refractivity contribution < 1.29 is 22.8 Å². The zero-order valence-electron chi connectivity index (χ0n) is 25.1. The van der Waals surface area contributed by atoms with E-state index in [4.69, 9.17) is 4.98 Å². The molecule has 44 heavy (non-hydrogen) atoms. The van der Waals surface area contributed by atoms with Crippen LogP contribution in [-0.4, -0.2) is 59.1 Å². The molecular weight excluding hydrogens is 571 g/mol. The molecule has 0 amide bonds. The molecule has 0 bridgehead atoms. The number of fused-ring (bicyclic) bond motifs is 1. The third-order valence-corrected chi connectivity index (χ3v) is 7.74. The molecule has 0 saturated heterocycles. The van der Waals surface area contributed by atoms with Gasteiger partial charge in [-0.15, -0.1) is 0 Å². The highest BCUT2D eigenvalue weighted by atomic mass is 19.4. The zero-order chi connectivity index (χ0) is 31.7. The van der Waals surface area contributed by atoms with Crippen LogP contribution in [0.5, 0.6) is 0 Å². The molecule has 2 aliphatic rings. The van der Waals surface area contributed by atoms with E-state index in [1.165, 1.54) is 19.9 Å². The monoisotopic (exact) mass is 609 g/mol. The number of aromatic nitrogens is 4. The number of hydrogen-bond donors (Lipinski definition) is 3. The SMILES string of the molecule is CNc1cc(C(F)(F)F)ccn1.CNc1nccn2c(C3CCCC(NC)C3)nc(-c3ccc(C=O)cc3)c12.O=CC1CC1. The van der Waals surface area contributed by atoms with E-state index in [9.17, 15) is 22.8 Å². The van der Waals surface area contributed by atoms with Gasteiger partial charge >= 0.3 is 6.18 Å². The summed E-state index contributed by atoms with van der Waals surface area (Å²) in [5, 5.41) is 9.16. The number of pyridine rings is 1. The van der Waals surface area contributed by atoms with Gasteiger partial charge in [0.1, 0.15) is 35.4 Å². The van der Waals surface area contributed by atoms with Gasteiger partial charge in [-0.1, -0.05) is 30.7 Å². The Kier molecular flexibility index (Phi) is 11.0. The van der Waals surface area contributed by atoms with Crippen molar-refractivity contribution in [2.45, 2.75) is 56.7 Å². The number of hydrogen-bond acceptors (Lipinski definition) is 8. The van der Waals surface area contributed by atoms with Gasteiger partial charge in [0.25, 0.3) is 0 Å². The van der Waals surface area contributed by atoms with Gasteiger partial charge in [0.05, 0.1) is 5.56 Å². The van der Waals surface area contributed by atoms with E-state index in [-0.39, 0.29) is 5.82 Å². The van der Waals surface area contributed by atoms with E-state index in [1.807, 2.05) is 50.8 Å². The molecule has 2 unspecified atom stereocenters. The molecule has 6 rings (SSSR count). The molecule has 2 saturated carbocycles. The minimum Gasteiger partial charge on any atom is -0.373 e. The lowest BCUT2D eigenvalue weighted by atomic mass is 9.85. The number of alkyl halides is 3. The average Bonchev–Trinajstić information content (AvgIpc) is 3.83. The number of benzene rings is 1. The van der Waals surface area contributed by atoms with Crippen molar-refractivity contribution in [3.8, 4) is 11.3 Å². The molecular formula is C32H38F3N7O2. The van der Waals surface area contributed by atoms with E-state index < -0.39 is 11.7 Å². The van der Waals surface area contributed by atoms with Crippen molar-refractivity contribution in [3.63, 3.8) is 0 Å². The molecule has 3 aromatic heterocycles. The van der Waals surface area contributed by atoms with E-state index in [1.54, 1.807) is 0 Å². The van der Waals surface area contributed by atoms with Crippen LogP contribution in [0.1, 0.15) is 66.2 Å². The molecule has 0 spiro atoms. The highest BCUT2D eigenvalue weighted by Gasteiger charge is 2.31. The highest BCUT2D eigenvalue weighted by molar-refractivity contribution is 5.87. The van der Waals surface area contributed by atoms with Crippen LogP contribution in [0.25, 0.3) is 16.8 Å². The molecule has 0 radical (unpaired) electrons. The fraction of sp³-hybridized carbons (Fsp3) is 0.406. The van der Waals surface area contributed by atoms with Crippen molar-refractivity contribution in [1.82, 2.24) is 24.7 Å². The molecule has 12 heteroatoms. The highest BCUT2D eigenvalue weighted by Crippen LogP contribution is 2.37. The van der Waals surface area contributed by atoms with Crippen LogP contribution < -0.4 is 16.0 Å². The van der Waals surface area contributed by atoms with Gasteiger partial charge in [-0.2, -0.15) is 13.2 Å². The first-order valence-corrected chi connectivity index (χ1v) is 14.7. The Morgan fingerprint density at radius 3 is 2.25 bits per heavy atom. The summed E-state index contributed by atoms with van der Waals surface area (Å²) in [7, 11) is 5.44. The molecule has 2 fully saturated rings. The zero-order valence-corrected chi connectivity index (χ0v) is 25.1. The van der Waals surface area contributed by atoms with E-state index in [0.717, 1.165) is 85.0 Å². The number of nitrogens with zero attached hydrogens (tertiary/aromatic N) is 4. The molecule has 2 aliphatic carbocycles. The lowest BCUT2D eigenvalue weighted by Gasteiger charge is -2.28. The largest absolute Gasteiger partial charge is 0.416 e. The van der Waals surface area contributed by atoms with Crippen molar-refractivity contribution >= 4 is 29.7 Å². The normalized spacial score (nSPS) is 17.9. The standard InChI is InChI=1S/C21H25N5O.C7H7F3N2.C4H6O/c1-22-17-5-3-4-16(12-17)21-25-18(15-8-6-14(13-27)7-9-15)19-20(23-2)24-10-11-26(19)21;1-11-6-4-5(2-3-12-6)7(8,9)10;5-3-4-1-2-4/h6-11,13,16-17,22H,3-5,12H2,1-2H3,(H,23,24);2-4H,1H3,(H,11,12);3-4H,1-2H2. The summed E-state index contributed by atoms with van der Waals surface area (Å²) in [5.74, 6) is 2.99. The number of rotatable bonds is 7. The van der Waals surface area contributed by atoms with Gasteiger partial charge in [0.15, 0.2) is 5.82 Å². The number of aldehydes is 2. The second-order valence-corrected chi connectivity index (χ2v) is 10.8. The van der Waals surface area contributed by atoms with Gasteiger partial charge in [-0.3, -0.25) is 9.20 Å². The van der Waals surface area contributed by atoms with Crippen LogP contribution in [0, 0.1) is 5.92 Å². The van der Waals surface area contributed by atoms with Gasteiger partial charge in [-0.25, -0.2) is 15.0 Å². The van der Waals surface area contributed by atoms with E-state index >= 15 is 0 Å². The third kappa shape index (κ3) is 8.19. The summed E-state index contributed by atoms with van der Waals surface area (Å²) in [6.07, 6.45) is 9.50. The first kappa shape index (κ1) is 32.6. The molecule has 4 aromatic rings. The predicted molar refractivity (Wildman–Crippen MR) is 165 cm³/mol. The maximum atomic E-state index is 12.0. The van der Waals surface area contributed by atoms with Gasteiger partial charge < -0.3 is 20.7 Å². The second kappa shape index (κ2) is 14.9. The van der Waals surface area contributed by atoms with Crippen molar-refractivity contribution in [2.24, 2.45) is 5.92 Å². The minimum atomic E-state index is -4.30. The van der Waals surface area contributed by atoms with Crippen molar-refractivity contribution in [1.29, 1.82) is 0 Å². The summed E-state index contributed by atoms with van der Waals surface area (Å²) in [6, 6.07) is 10.0. The van der Waals surface area contributed by atoms with Crippen LogP contribution in [0.3, 0.4) is 0 Å². The maximum absolute atomic E-state index is 12.0. The lowest BCUT2D eigenvalue weighted by Crippen LogP contribution is -2.31. The second-order valence-electron chi connectivity index (χ2n) is 10.8. The van der Waals surface area contributed by atoms with E-state index in [0.29, 0.717) is 23.4 Å². The smallest absolute Gasteiger partial charge is 0.373 e. The minimum absolute atomic E-state index is 0.213. The summed E-state index contributed by atoms with van der Waals surface area (Å²) < 4.78 is 38.3. The van der Waals surface area contributed by atoms with Crippen LogP contribution in [0.15, 0.2) is 55.0 Å². The molecule has 3 N–H and O–H groups in total. The molecule has 1 aromatic carbocycles. The van der Waals surface area contributed by atoms with Crippen molar-refractivity contribution in [2.75, 3.05) is 31.8 Å². The van der Waals surface area contributed by atoms with Gasteiger partial charge in [0.2, 0.25) is 0 Å². The molecule has 234 valence electrons. The topological polar surface area (TPSA) is 113 Å². The number of nitrogens with one attached hydrogen (secondary N) is 3. The molecule has 2 atom stereocenters. The number of carbonyl (C=O) groups is 2. The molecule has 0 aliphatic heterocycles. The first-order valence-electron chi connectivity index (χ1n) is 14.7. The Morgan fingerprint density at radius 1 is 0.932 bits per heavy atom. The van der Waals surface area contributed by atoms with Crippen LogP contribution in [0.2, 0.25) is 0 Å². The predicted octanol–water partition coefficient (Wildman–Crippen LogP) is 6.23. The third-order valence-electron chi connectivity index (χ3n) is 7.74. The Hall–Kier alpha value is -4.32. The first-order chi connectivity index (χ1) is 21.2. The van der Waals surface area contributed by atoms with Crippen molar-refractivity contribution in [3.05, 3.63) is 71.9 Å². The Labute approximate surface area is 254 Å². The summed E-state index contributed by atoms with van der Waals surface area (Å²) in [4.78, 5) is 33.8. The number of carbonyl (C=O) groups excluding carboxylic acids is 2. The Morgan fingerprint density at radius 2 is 1.68 bits per heavy atom. The summed E-state index contributed by atoms with van der Waals surface area (Å²) >= 11 is 0. The van der Waals surface area contributed by atoms with Gasteiger partial charge in [-0.05, 0) is 51.3 Å². The van der Waals surface area contributed by atoms with Crippen LogP contribution in [0.4, 0.5) is 24.8 Å².